The van der Waals surface area contributed by atoms with Crippen LogP contribution in [0.3, 0.4) is 0 Å². The molecule has 1 aliphatic rings. The maximum atomic E-state index is 12.0. The number of carbonyl (C=O) groups is 1. The number of carbonyl (C=O) groups excluding carboxylic acids is 1. The lowest BCUT2D eigenvalue weighted by Gasteiger charge is -2.25. The third kappa shape index (κ3) is 4.04. The zero-order valence-electron chi connectivity index (χ0n) is 11.5. The maximum Gasteiger partial charge on any atom is 0.237 e. The molecule has 0 bridgehead atoms. The van der Waals surface area contributed by atoms with Crippen LogP contribution in [0.15, 0.2) is 24.3 Å². The first-order valence-electron chi connectivity index (χ1n) is 7.10. The molecule has 0 aromatic heterocycles. The molecule has 0 radical (unpaired) electrons. The molecule has 3 N–H and O–H groups in total. The van der Waals surface area contributed by atoms with Gasteiger partial charge in [-0.15, -0.1) is 0 Å². The molecule has 2 rings (SSSR count). The van der Waals surface area contributed by atoms with Crippen LogP contribution >= 0.6 is 0 Å². The molecule has 1 aromatic carbocycles. The molecular weight excluding hydrogens is 238 g/mol. The fraction of sp³-hybridized carbons (Fsp3) is 0.533. The summed E-state index contributed by atoms with van der Waals surface area (Å²) in [6.45, 7) is 5.45. The van der Waals surface area contributed by atoms with Crippen molar-refractivity contribution in [1.29, 1.82) is 0 Å². The summed E-state index contributed by atoms with van der Waals surface area (Å²) in [6, 6.07) is 8.21. The van der Waals surface area contributed by atoms with Gasteiger partial charge in [0.2, 0.25) is 5.91 Å². The molecule has 0 spiro atoms. The first kappa shape index (κ1) is 14.0. The summed E-state index contributed by atoms with van der Waals surface area (Å²) in [7, 11) is 0. The third-order valence-electron chi connectivity index (χ3n) is 3.43. The monoisotopic (exact) mass is 261 g/mol. The normalized spacial score (nSPS) is 17.8. The number of fused-ring (bicyclic) bond motifs is 1. The predicted molar refractivity (Wildman–Crippen MR) is 76.9 cm³/mol. The molecule has 104 valence electrons. The minimum absolute atomic E-state index is 0.0962. The van der Waals surface area contributed by atoms with Crippen LogP contribution < -0.4 is 16.0 Å². The Morgan fingerprint density at radius 2 is 2.05 bits per heavy atom. The second kappa shape index (κ2) is 7.26. The van der Waals surface area contributed by atoms with E-state index in [1.807, 2.05) is 12.1 Å². The van der Waals surface area contributed by atoms with Crippen molar-refractivity contribution in [3.05, 3.63) is 35.4 Å². The average molecular weight is 261 g/mol. The quantitative estimate of drug-likeness (QED) is 0.665. The number of benzene rings is 1. The smallest absolute Gasteiger partial charge is 0.237 e. The second-order valence-electron chi connectivity index (χ2n) is 4.95. The fourth-order valence-electron chi connectivity index (χ4n) is 2.34. The topological polar surface area (TPSA) is 53.2 Å². The zero-order chi connectivity index (χ0) is 13.5. The zero-order valence-corrected chi connectivity index (χ0v) is 11.5. The summed E-state index contributed by atoms with van der Waals surface area (Å²) >= 11 is 0. The molecule has 0 saturated carbocycles. The van der Waals surface area contributed by atoms with Crippen molar-refractivity contribution in [2.45, 2.75) is 32.4 Å². The molecule has 19 heavy (non-hydrogen) atoms. The minimum atomic E-state index is -0.0962. The van der Waals surface area contributed by atoms with Gasteiger partial charge in [0.05, 0.1) is 6.04 Å². The lowest BCUT2D eigenvalue weighted by molar-refractivity contribution is -0.123. The summed E-state index contributed by atoms with van der Waals surface area (Å²) in [5.74, 6) is 0.104. The Kier molecular flexibility index (Phi) is 5.36. The predicted octanol–water partition coefficient (Wildman–Crippen LogP) is 0.817. The van der Waals surface area contributed by atoms with Gasteiger partial charge in [0.1, 0.15) is 0 Å². The highest BCUT2D eigenvalue weighted by molar-refractivity contribution is 5.82. The number of rotatable bonds is 6. The molecule has 1 aromatic rings. The third-order valence-corrected chi connectivity index (χ3v) is 3.43. The van der Waals surface area contributed by atoms with Crippen molar-refractivity contribution < 1.29 is 4.79 Å². The van der Waals surface area contributed by atoms with Crippen molar-refractivity contribution in [2.75, 3.05) is 19.6 Å². The van der Waals surface area contributed by atoms with E-state index in [2.05, 4.69) is 35.0 Å². The first-order valence-corrected chi connectivity index (χ1v) is 7.10. The van der Waals surface area contributed by atoms with E-state index in [-0.39, 0.29) is 11.9 Å². The number of hydrogen-bond donors (Lipinski definition) is 3. The largest absolute Gasteiger partial charge is 0.353 e. The van der Waals surface area contributed by atoms with Crippen molar-refractivity contribution >= 4 is 5.91 Å². The Labute approximate surface area is 115 Å². The van der Waals surface area contributed by atoms with Gasteiger partial charge in [0.25, 0.3) is 0 Å². The Morgan fingerprint density at radius 3 is 2.84 bits per heavy atom. The van der Waals surface area contributed by atoms with Crippen molar-refractivity contribution in [3.63, 3.8) is 0 Å². The van der Waals surface area contributed by atoms with Gasteiger partial charge in [-0.1, -0.05) is 31.2 Å². The molecule has 4 nitrogen and oxygen atoms in total. The lowest BCUT2D eigenvalue weighted by atomic mass is 9.95. The second-order valence-corrected chi connectivity index (χ2v) is 4.95. The molecule has 1 heterocycles. The molecule has 0 saturated heterocycles. The molecular formula is C15H23N3O. The van der Waals surface area contributed by atoms with Crippen LogP contribution in [0, 0.1) is 0 Å². The molecule has 1 aliphatic heterocycles. The highest BCUT2D eigenvalue weighted by atomic mass is 16.2. The summed E-state index contributed by atoms with van der Waals surface area (Å²) < 4.78 is 0. The van der Waals surface area contributed by atoms with Crippen molar-refractivity contribution in [2.24, 2.45) is 0 Å². The highest BCUT2D eigenvalue weighted by Gasteiger charge is 2.23. The minimum Gasteiger partial charge on any atom is -0.353 e. The molecule has 0 fully saturated rings. The van der Waals surface area contributed by atoms with Gasteiger partial charge in [-0.3, -0.25) is 4.79 Å². The van der Waals surface area contributed by atoms with Crippen LogP contribution in [-0.2, 0) is 17.8 Å². The van der Waals surface area contributed by atoms with Gasteiger partial charge >= 0.3 is 0 Å². The van der Waals surface area contributed by atoms with Gasteiger partial charge in [0, 0.05) is 19.6 Å². The van der Waals surface area contributed by atoms with Crippen LogP contribution in [0.2, 0.25) is 0 Å². The van der Waals surface area contributed by atoms with Gasteiger partial charge in [-0.05, 0) is 30.5 Å². The molecule has 4 heteroatoms. The van der Waals surface area contributed by atoms with Crippen molar-refractivity contribution in [1.82, 2.24) is 16.0 Å². The fourth-order valence-corrected chi connectivity index (χ4v) is 2.34. The van der Waals surface area contributed by atoms with Crippen molar-refractivity contribution in [3.8, 4) is 0 Å². The molecule has 1 atom stereocenters. The van der Waals surface area contributed by atoms with E-state index in [0.29, 0.717) is 6.54 Å². The van der Waals surface area contributed by atoms with E-state index in [0.717, 1.165) is 32.5 Å². The molecule has 1 amide bonds. The van der Waals surface area contributed by atoms with E-state index < -0.39 is 0 Å². The summed E-state index contributed by atoms with van der Waals surface area (Å²) in [5, 5.41) is 9.55. The van der Waals surface area contributed by atoms with Gasteiger partial charge in [0.15, 0.2) is 0 Å². The average Bonchev–Trinajstić information content (AvgIpc) is 2.46. The first-order chi connectivity index (χ1) is 9.31. The van der Waals surface area contributed by atoms with Crippen LogP contribution in [0.5, 0.6) is 0 Å². The van der Waals surface area contributed by atoms with E-state index in [9.17, 15) is 4.79 Å². The number of amides is 1. The Hall–Kier alpha value is -1.39. The Morgan fingerprint density at radius 1 is 1.26 bits per heavy atom. The van der Waals surface area contributed by atoms with E-state index >= 15 is 0 Å². The number of nitrogens with one attached hydrogen (secondary N) is 3. The van der Waals surface area contributed by atoms with Crippen LogP contribution in [-0.4, -0.2) is 31.6 Å². The summed E-state index contributed by atoms with van der Waals surface area (Å²) in [6.07, 6.45) is 1.90. The van der Waals surface area contributed by atoms with E-state index in [1.54, 1.807) is 0 Å². The van der Waals surface area contributed by atoms with E-state index in [4.69, 9.17) is 0 Å². The standard InChI is InChI=1S/C15H23N3O/c1-2-7-16-8-9-17-15(19)14-10-12-5-3-4-6-13(12)11-18-14/h3-6,14,16,18H,2,7-11H2,1H3,(H,17,19). The lowest BCUT2D eigenvalue weighted by Crippen LogP contribution is -2.48. The highest BCUT2D eigenvalue weighted by Crippen LogP contribution is 2.16. The van der Waals surface area contributed by atoms with Gasteiger partial charge in [-0.25, -0.2) is 0 Å². The van der Waals surface area contributed by atoms with Crippen LogP contribution in [0.1, 0.15) is 24.5 Å². The molecule has 0 aliphatic carbocycles. The Balaban J connectivity index is 1.76. The van der Waals surface area contributed by atoms with E-state index in [1.165, 1.54) is 11.1 Å². The summed E-state index contributed by atoms with van der Waals surface area (Å²) in [5.41, 5.74) is 2.58. The Bertz CT molecular complexity index is 420. The maximum absolute atomic E-state index is 12.0. The van der Waals surface area contributed by atoms with Crippen LogP contribution in [0.4, 0.5) is 0 Å². The SMILES string of the molecule is CCCNCCNC(=O)C1Cc2ccccc2CN1. The number of hydrogen-bond acceptors (Lipinski definition) is 3. The van der Waals surface area contributed by atoms with Gasteiger partial charge in [-0.2, -0.15) is 0 Å². The van der Waals surface area contributed by atoms with Gasteiger partial charge < -0.3 is 16.0 Å². The van der Waals surface area contributed by atoms with Crippen LogP contribution in [0.25, 0.3) is 0 Å². The molecule has 1 unspecified atom stereocenters. The summed E-state index contributed by atoms with van der Waals surface area (Å²) in [4.78, 5) is 12.0.